The second-order valence-corrected chi connectivity index (χ2v) is 8.33. The molecule has 2 aliphatic rings. The van der Waals surface area contributed by atoms with Crippen molar-refractivity contribution in [1.29, 1.82) is 0 Å². The molecular formula is C25H34N4O2. The zero-order valence-corrected chi connectivity index (χ0v) is 19.2. The Bertz CT molecular complexity index is 906. The predicted molar refractivity (Wildman–Crippen MR) is 127 cm³/mol. The van der Waals surface area contributed by atoms with Gasteiger partial charge in [0.15, 0.2) is 0 Å². The first-order valence-electron chi connectivity index (χ1n) is 11.3. The molecule has 1 aliphatic heterocycles. The second-order valence-electron chi connectivity index (χ2n) is 8.33. The monoisotopic (exact) mass is 422 g/mol. The smallest absolute Gasteiger partial charge is 0.221 e. The number of likely N-dealkylation sites (N-methyl/N-ethyl adjacent to an activating group) is 1. The Balaban J connectivity index is 1.74. The molecule has 6 heteroatoms. The van der Waals surface area contributed by atoms with Gasteiger partial charge in [-0.25, -0.2) is 4.99 Å². The van der Waals surface area contributed by atoms with E-state index in [1.807, 2.05) is 26.0 Å². The summed E-state index contributed by atoms with van der Waals surface area (Å²) in [6, 6.07) is 8.25. The normalized spacial score (nSPS) is 18.9. The molecule has 3 rings (SSSR count). The van der Waals surface area contributed by atoms with Gasteiger partial charge in [-0.05, 0) is 82.6 Å². The van der Waals surface area contributed by atoms with Crippen molar-refractivity contribution in [3.05, 3.63) is 47.2 Å². The molecule has 0 bridgehead atoms. The lowest BCUT2D eigenvalue weighted by atomic mass is 9.94. The Morgan fingerprint density at radius 3 is 2.42 bits per heavy atom. The average Bonchev–Trinajstić information content (AvgIpc) is 2.76. The standard InChI is InChI=1S/C25H34N4O2/c1-5-29(16-15-28-13-7-6-8-14-28)22-11-9-21(10-12-22)27-24-18(2)17-23(31)25(19(24)3)26-20(4)30/h9-12,17H,5-8,13-16H2,1-4H3,(H,26,30). The molecule has 31 heavy (non-hydrogen) atoms. The average molecular weight is 423 g/mol. The van der Waals surface area contributed by atoms with Crippen LogP contribution in [0.5, 0.6) is 0 Å². The molecule has 0 atom stereocenters. The van der Waals surface area contributed by atoms with E-state index in [-0.39, 0.29) is 11.7 Å². The number of carbonyl (C=O) groups excluding carboxylic acids is 2. The van der Waals surface area contributed by atoms with Gasteiger partial charge in [-0.3, -0.25) is 9.59 Å². The van der Waals surface area contributed by atoms with E-state index in [4.69, 9.17) is 4.99 Å². The first-order chi connectivity index (χ1) is 14.9. The summed E-state index contributed by atoms with van der Waals surface area (Å²) in [7, 11) is 0. The van der Waals surface area contributed by atoms with Crippen LogP contribution in [0.3, 0.4) is 0 Å². The number of benzene rings is 1. The first-order valence-corrected chi connectivity index (χ1v) is 11.3. The van der Waals surface area contributed by atoms with Gasteiger partial charge in [0.05, 0.1) is 17.1 Å². The number of piperidine rings is 1. The van der Waals surface area contributed by atoms with Crippen LogP contribution < -0.4 is 10.2 Å². The molecule has 1 N–H and O–H groups in total. The Hall–Kier alpha value is -2.73. The molecule has 0 saturated carbocycles. The van der Waals surface area contributed by atoms with E-state index in [0.29, 0.717) is 11.3 Å². The van der Waals surface area contributed by atoms with Crippen LogP contribution >= 0.6 is 0 Å². The third-order valence-electron chi connectivity index (χ3n) is 5.97. The van der Waals surface area contributed by atoms with Crippen molar-refractivity contribution in [1.82, 2.24) is 10.2 Å². The highest BCUT2D eigenvalue weighted by Crippen LogP contribution is 2.25. The number of carbonyl (C=O) groups is 2. The predicted octanol–water partition coefficient (Wildman–Crippen LogP) is 4.01. The molecule has 6 nitrogen and oxygen atoms in total. The number of anilines is 1. The molecule has 0 spiro atoms. The number of allylic oxidation sites excluding steroid dienone is 3. The summed E-state index contributed by atoms with van der Waals surface area (Å²) >= 11 is 0. The zero-order chi connectivity index (χ0) is 22.4. The molecule has 0 aromatic heterocycles. The van der Waals surface area contributed by atoms with Crippen LogP contribution in [0.4, 0.5) is 11.4 Å². The van der Waals surface area contributed by atoms with Gasteiger partial charge in [-0.15, -0.1) is 0 Å². The number of nitrogens with zero attached hydrogens (tertiary/aromatic N) is 3. The number of hydrogen-bond donors (Lipinski definition) is 1. The van der Waals surface area contributed by atoms with Gasteiger partial charge in [-0.2, -0.15) is 0 Å². The summed E-state index contributed by atoms with van der Waals surface area (Å²) in [4.78, 5) is 33.5. The minimum absolute atomic E-state index is 0.188. The SMILES string of the molecule is CCN(CCN1CCCCC1)c1ccc(N=C2C(C)=CC(=O)C(NC(C)=O)=C2C)cc1. The molecule has 1 aromatic rings. The number of hydrogen-bond acceptors (Lipinski definition) is 5. The summed E-state index contributed by atoms with van der Waals surface area (Å²) in [6.07, 6.45) is 5.53. The molecule has 1 saturated heterocycles. The van der Waals surface area contributed by atoms with Crippen molar-refractivity contribution < 1.29 is 9.59 Å². The fourth-order valence-electron chi connectivity index (χ4n) is 4.22. The number of ketones is 1. The molecular weight excluding hydrogens is 388 g/mol. The van der Waals surface area contributed by atoms with Crippen LogP contribution in [-0.4, -0.2) is 55.0 Å². The molecule has 1 aliphatic carbocycles. The molecule has 1 fully saturated rings. The third kappa shape index (κ3) is 5.91. The van der Waals surface area contributed by atoms with E-state index >= 15 is 0 Å². The van der Waals surface area contributed by atoms with Crippen LogP contribution in [0, 0.1) is 0 Å². The molecule has 1 amide bonds. The minimum Gasteiger partial charge on any atom is -0.371 e. The van der Waals surface area contributed by atoms with Crippen LogP contribution in [0.2, 0.25) is 0 Å². The number of aliphatic imine (C=N–C) groups is 1. The molecule has 0 unspecified atom stereocenters. The Morgan fingerprint density at radius 1 is 1.13 bits per heavy atom. The Kier molecular flexibility index (Phi) is 7.80. The van der Waals surface area contributed by atoms with E-state index in [1.54, 1.807) is 0 Å². The van der Waals surface area contributed by atoms with Crippen molar-refractivity contribution in [3.63, 3.8) is 0 Å². The fourth-order valence-corrected chi connectivity index (χ4v) is 4.22. The zero-order valence-electron chi connectivity index (χ0n) is 19.2. The number of amides is 1. The van der Waals surface area contributed by atoms with Crippen molar-refractivity contribution in [2.24, 2.45) is 4.99 Å². The van der Waals surface area contributed by atoms with E-state index in [1.165, 1.54) is 51.0 Å². The lowest BCUT2D eigenvalue weighted by molar-refractivity contribution is -0.120. The topological polar surface area (TPSA) is 65.0 Å². The van der Waals surface area contributed by atoms with Gasteiger partial charge in [-0.1, -0.05) is 6.42 Å². The Labute approximate surface area is 185 Å². The molecule has 166 valence electrons. The Morgan fingerprint density at radius 2 is 1.81 bits per heavy atom. The number of likely N-dealkylation sites (tertiary alicyclic amines) is 1. The summed E-state index contributed by atoms with van der Waals surface area (Å²) < 4.78 is 0. The van der Waals surface area contributed by atoms with Crippen LogP contribution in [0.15, 0.2) is 52.2 Å². The van der Waals surface area contributed by atoms with Crippen molar-refractivity contribution >= 4 is 28.8 Å². The van der Waals surface area contributed by atoms with Gasteiger partial charge in [0, 0.05) is 37.8 Å². The van der Waals surface area contributed by atoms with Crippen LogP contribution in [-0.2, 0) is 9.59 Å². The summed E-state index contributed by atoms with van der Waals surface area (Å²) in [6.45, 7) is 12.8. The quantitative estimate of drug-likeness (QED) is 0.675. The number of nitrogens with one attached hydrogen (secondary N) is 1. The third-order valence-corrected chi connectivity index (χ3v) is 5.97. The van der Waals surface area contributed by atoms with Crippen molar-refractivity contribution in [2.75, 3.05) is 37.6 Å². The van der Waals surface area contributed by atoms with E-state index in [9.17, 15) is 9.59 Å². The van der Waals surface area contributed by atoms with Gasteiger partial charge >= 0.3 is 0 Å². The highest BCUT2D eigenvalue weighted by atomic mass is 16.2. The summed E-state index contributed by atoms with van der Waals surface area (Å²) in [5.41, 5.74) is 4.56. The summed E-state index contributed by atoms with van der Waals surface area (Å²) in [5, 5.41) is 2.65. The van der Waals surface area contributed by atoms with E-state index in [2.05, 4.69) is 34.2 Å². The lowest BCUT2D eigenvalue weighted by Gasteiger charge is -2.30. The largest absolute Gasteiger partial charge is 0.371 e. The van der Waals surface area contributed by atoms with Crippen LogP contribution in [0.1, 0.15) is 47.0 Å². The van der Waals surface area contributed by atoms with E-state index < -0.39 is 0 Å². The van der Waals surface area contributed by atoms with Gasteiger partial charge in [0.25, 0.3) is 0 Å². The highest BCUT2D eigenvalue weighted by Gasteiger charge is 2.23. The minimum atomic E-state index is -0.261. The second kappa shape index (κ2) is 10.5. The molecule has 1 aromatic carbocycles. The maximum Gasteiger partial charge on any atom is 0.221 e. The lowest BCUT2D eigenvalue weighted by Crippen LogP contribution is -2.37. The highest BCUT2D eigenvalue weighted by molar-refractivity contribution is 6.25. The maximum atomic E-state index is 12.3. The molecule has 0 radical (unpaired) electrons. The van der Waals surface area contributed by atoms with Crippen LogP contribution in [0.25, 0.3) is 0 Å². The number of rotatable bonds is 7. The summed E-state index contributed by atoms with van der Waals surface area (Å²) in [5.74, 6) is -0.449. The van der Waals surface area contributed by atoms with Crippen molar-refractivity contribution in [2.45, 2.75) is 47.0 Å². The maximum absolute atomic E-state index is 12.3. The van der Waals surface area contributed by atoms with E-state index in [0.717, 1.165) is 36.6 Å². The fraction of sp³-hybridized carbons (Fsp3) is 0.480. The van der Waals surface area contributed by atoms with Crippen molar-refractivity contribution in [3.8, 4) is 0 Å². The molecule has 1 heterocycles. The van der Waals surface area contributed by atoms with Gasteiger partial charge < -0.3 is 15.1 Å². The first kappa shape index (κ1) is 22.9. The van der Waals surface area contributed by atoms with Gasteiger partial charge in [0.1, 0.15) is 0 Å². The van der Waals surface area contributed by atoms with Gasteiger partial charge in [0.2, 0.25) is 11.7 Å².